The summed E-state index contributed by atoms with van der Waals surface area (Å²) in [6, 6.07) is 14.4. The number of aryl methyl sites for hydroxylation is 1. The standard InChI is InChI=1S/C16H11N5O2S/c1-10-5-7-11(8-6-10)14-17-18-16-20(14)19-15(24-16)12-3-2-4-13(9-12)21(22)23/h2-9H,1H3. The second-order valence-electron chi connectivity index (χ2n) is 5.30. The van der Waals surface area contributed by atoms with Crippen molar-refractivity contribution < 1.29 is 4.92 Å². The fourth-order valence-electron chi connectivity index (χ4n) is 2.37. The van der Waals surface area contributed by atoms with E-state index < -0.39 is 4.92 Å². The lowest BCUT2D eigenvalue weighted by molar-refractivity contribution is -0.384. The second-order valence-corrected chi connectivity index (χ2v) is 6.25. The molecule has 0 N–H and O–H groups in total. The van der Waals surface area contributed by atoms with Crippen LogP contribution >= 0.6 is 11.3 Å². The van der Waals surface area contributed by atoms with Crippen molar-refractivity contribution in [3.63, 3.8) is 0 Å². The number of nitro benzene ring substituents is 1. The molecule has 0 atom stereocenters. The zero-order chi connectivity index (χ0) is 16.7. The smallest absolute Gasteiger partial charge is 0.258 e. The summed E-state index contributed by atoms with van der Waals surface area (Å²) in [6.07, 6.45) is 0. The Morgan fingerprint density at radius 1 is 1.08 bits per heavy atom. The van der Waals surface area contributed by atoms with E-state index in [1.165, 1.54) is 23.5 Å². The normalized spacial score (nSPS) is 11.0. The average molecular weight is 337 g/mol. The molecule has 8 heteroatoms. The minimum absolute atomic E-state index is 0.0391. The highest BCUT2D eigenvalue weighted by Crippen LogP contribution is 2.29. The van der Waals surface area contributed by atoms with Crippen molar-refractivity contribution in [2.24, 2.45) is 0 Å². The van der Waals surface area contributed by atoms with Crippen molar-refractivity contribution in [2.75, 3.05) is 0 Å². The lowest BCUT2D eigenvalue weighted by atomic mass is 10.1. The van der Waals surface area contributed by atoms with Crippen LogP contribution in [0.2, 0.25) is 0 Å². The molecule has 0 unspecified atom stereocenters. The molecular formula is C16H11N5O2S. The molecule has 4 rings (SSSR count). The van der Waals surface area contributed by atoms with Gasteiger partial charge >= 0.3 is 0 Å². The van der Waals surface area contributed by atoms with E-state index in [1.54, 1.807) is 16.6 Å². The van der Waals surface area contributed by atoms with Crippen LogP contribution in [0.15, 0.2) is 48.5 Å². The third-order valence-electron chi connectivity index (χ3n) is 3.60. The highest BCUT2D eigenvalue weighted by molar-refractivity contribution is 7.19. The number of nitro groups is 1. The number of nitrogens with zero attached hydrogens (tertiary/aromatic N) is 5. The molecule has 0 spiro atoms. The molecule has 0 radical (unpaired) electrons. The second kappa shape index (κ2) is 5.50. The van der Waals surface area contributed by atoms with E-state index in [1.807, 2.05) is 31.2 Å². The number of hydrogen-bond donors (Lipinski definition) is 0. The van der Waals surface area contributed by atoms with Crippen molar-refractivity contribution >= 4 is 22.0 Å². The van der Waals surface area contributed by atoms with Crippen LogP contribution in [0.4, 0.5) is 5.69 Å². The number of benzene rings is 2. The fraction of sp³-hybridized carbons (Fsp3) is 0.0625. The van der Waals surface area contributed by atoms with Crippen molar-refractivity contribution in [1.29, 1.82) is 0 Å². The average Bonchev–Trinajstić information content (AvgIpc) is 3.16. The van der Waals surface area contributed by atoms with Crippen molar-refractivity contribution in [2.45, 2.75) is 6.92 Å². The third-order valence-corrected chi connectivity index (χ3v) is 4.55. The van der Waals surface area contributed by atoms with E-state index >= 15 is 0 Å². The first kappa shape index (κ1) is 14.5. The first-order chi connectivity index (χ1) is 11.6. The Bertz CT molecular complexity index is 1050. The van der Waals surface area contributed by atoms with Gasteiger partial charge in [0.25, 0.3) is 5.69 Å². The molecule has 7 nitrogen and oxygen atoms in total. The highest BCUT2D eigenvalue weighted by Gasteiger charge is 2.16. The number of rotatable bonds is 3. The summed E-state index contributed by atoms with van der Waals surface area (Å²) in [5.74, 6) is 0.651. The quantitative estimate of drug-likeness (QED) is 0.420. The molecule has 2 aromatic heterocycles. The summed E-state index contributed by atoms with van der Waals surface area (Å²) in [6.45, 7) is 2.02. The van der Waals surface area contributed by atoms with Gasteiger partial charge in [-0.05, 0) is 6.92 Å². The molecule has 0 fully saturated rings. The molecule has 0 aliphatic rings. The number of fused-ring (bicyclic) bond motifs is 1. The maximum absolute atomic E-state index is 10.9. The molecule has 2 aromatic carbocycles. The summed E-state index contributed by atoms with van der Waals surface area (Å²) in [5, 5.41) is 24.5. The molecule has 2 heterocycles. The van der Waals surface area contributed by atoms with Crippen molar-refractivity contribution in [1.82, 2.24) is 19.8 Å². The van der Waals surface area contributed by atoms with Crippen LogP contribution < -0.4 is 0 Å². The van der Waals surface area contributed by atoms with Gasteiger partial charge in [-0.25, -0.2) is 0 Å². The van der Waals surface area contributed by atoms with E-state index in [4.69, 9.17) is 0 Å². The highest BCUT2D eigenvalue weighted by atomic mass is 32.1. The van der Waals surface area contributed by atoms with E-state index in [2.05, 4.69) is 15.3 Å². The lowest BCUT2D eigenvalue weighted by Gasteiger charge is -1.98. The number of hydrogen-bond acceptors (Lipinski definition) is 6. The van der Waals surface area contributed by atoms with Gasteiger partial charge in [-0.15, -0.1) is 10.2 Å². The maximum atomic E-state index is 10.9. The van der Waals surface area contributed by atoms with E-state index in [9.17, 15) is 10.1 Å². The molecule has 24 heavy (non-hydrogen) atoms. The van der Waals surface area contributed by atoms with Crippen LogP contribution in [0, 0.1) is 17.0 Å². The summed E-state index contributed by atoms with van der Waals surface area (Å²) in [4.78, 5) is 11.2. The summed E-state index contributed by atoms with van der Waals surface area (Å²) >= 11 is 1.35. The Kier molecular flexibility index (Phi) is 3.31. The Morgan fingerprint density at radius 2 is 1.88 bits per heavy atom. The van der Waals surface area contributed by atoms with Gasteiger partial charge in [-0.3, -0.25) is 10.1 Å². The Labute approximate surface area is 140 Å². The van der Waals surface area contributed by atoms with Crippen molar-refractivity contribution in [3.8, 4) is 22.0 Å². The minimum atomic E-state index is -0.415. The number of non-ortho nitro benzene ring substituents is 1. The largest absolute Gasteiger partial charge is 0.270 e. The molecule has 0 saturated heterocycles. The zero-order valence-corrected chi connectivity index (χ0v) is 13.4. The molecule has 0 aliphatic heterocycles. The topological polar surface area (TPSA) is 86.2 Å². The monoisotopic (exact) mass is 337 g/mol. The first-order valence-electron chi connectivity index (χ1n) is 7.16. The molecule has 0 bridgehead atoms. The predicted molar refractivity (Wildman–Crippen MR) is 90.9 cm³/mol. The third kappa shape index (κ3) is 2.42. The molecule has 0 amide bonds. The summed E-state index contributed by atoms with van der Waals surface area (Å²) < 4.78 is 1.67. The van der Waals surface area contributed by atoms with Gasteiger partial charge in [0, 0.05) is 23.3 Å². The molecule has 118 valence electrons. The van der Waals surface area contributed by atoms with E-state index in [0.717, 1.165) is 11.1 Å². The van der Waals surface area contributed by atoms with E-state index in [-0.39, 0.29) is 5.69 Å². The van der Waals surface area contributed by atoms with Crippen LogP contribution in [0.1, 0.15) is 5.56 Å². The van der Waals surface area contributed by atoms with Crippen LogP contribution in [-0.2, 0) is 0 Å². The molecule has 0 aliphatic carbocycles. The first-order valence-corrected chi connectivity index (χ1v) is 7.97. The zero-order valence-electron chi connectivity index (χ0n) is 12.6. The van der Waals surface area contributed by atoms with Crippen LogP contribution in [-0.4, -0.2) is 24.7 Å². The van der Waals surface area contributed by atoms with Crippen LogP contribution in [0.5, 0.6) is 0 Å². The Morgan fingerprint density at radius 3 is 2.62 bits per heavy atom. The fourth-order valence-corrected chi connectivity index (χ4v) is 3.20. The van der Waals surface area contributed by atoms with Gasteiger partial charge in [-0.1, -0.05) is 53.3 Å². The van der Waals surface area contributed by atoms with Gasteiger partial charge in [0.1, 0.15) is 5.01 Å². The van der Waals surface area contributed by atoms with E-state index in [0.29, 0.717) is 21.4 Å². The Balaban J connectivity index is 1.81. The van der Waals surface area contributed by atoms with Gasteiger partial charge < -0.3 is 0 Å². The molecule has 4 aromatic rings. The summed E-state index contributed by atoms with van der Waals surface area (Å²) in [5.41, 5.74) is 2.81. The SMILES string of the molecule is Cc1ccc(-c2nnc3sc(-c4cccc([N+](=O)[O-])c4)nn23)cc1. The van der Waals surface area contributed by atoms with Gasteiger partial charge in [0.15, 0.2) is 5.82 Å². The molecule has 0 saturated carbocycles. The minimum Gasteiger partial charge on any atom is -0.258 e. The molecular weight excluding hydrogens is 326 g/mol. The maximum Gasteiger partial charge on any atom is 0.270 e. The van der Waals surface area contributed by atoms with Crippen LogP contribution in [0.3, 0.4) is 0 Å². The van der Waals surface area contributed by atoms with Crippen LogP contribution in [0.25, 0.3) is 26.9 Å². The number of aromatic nitrogens is 4. The predicted octanol–water partition coefficient (Wildman–Crippen LogP) is 3.74. The Hall–Kier alpha value is -3.13. The van der Waals surface area contributed by atoms with Gasteiger partial charge in [-0.2, -0.15) is 9.61 Å². The van der Waals surface area contributed by atoms with Gasteiger partial charge in [0.2, 0.25) is 4.96 Å². The van der Waals surface area contributed by atoms with Crippen molar-refractivity contribution in [3.05, 3.63) is 64.2 Å². The lowest BCUT2D eigenvalue weighted by Crippen LogP contribution is -1.92. The summed E-state index contributed by atoms with van der Waals surface area (Å²) in [7, 11) is 0. The van der Waals surface area contributed by atoms with Gasteiger partial charge in [0.05, 0.1) is 4.92 Å².